The van der Waals surface area contributed by atoms with Crippen LogP contribution in [0.3, 0.4) is 0 Å². The van der Waals surface area contributed by atoms with E-state index < -0.39 is 0 Å². The SMILES string of the molecule is Clc1ccc(C(Cn2ccnc2)OCOc2ccccc2Cl)c(Cl)c1. The topological polar surface area (TPSA) is 36.3 Å². The largest absolute Gasteiger partial charge is 0.466 e. The fourth-order valence-electron chi connectivity index (χ4n) is 2.33. The summed E-state index contributed by atoms with van der Waals surface area (Å²) < 4.78 is 13.5. The Morgan fingerprint density at radius 3 is 2.60 bits per heavy atom. The lowest BCUT2D eigenvalue weighted by Crippen LogP contribution is -2.15. The number of ether oxygens (including phenoxy) is 2. The third-order valence-electron chi connectivity index (χ3n) is 3.57. The quantitative estimate of drug-likeness (QED) is 0.484. The minimum absolute atomic E-state index is 0.0298. The molecule has 3 rings (SSSR count). The molecule has 0 aliphatic heterocycles. The zero-order valence-electron chi connectivity index (χ0n) is 13.1. The zero-order valence-corrected chi connectivity index (χ0v) is 15.4. The molecule has 0 saturated carbocycles. The third kappa shape index (κ3) is 4.89. The standard InChI is InChI=1S/C18H15Cl3N2O2/c19-13-5-6-14(16(21)9-13)18(10-23-8-7-22-11-23)25-12-24-17-4-2-1-3-15(17)20/h1-9,11,18H,10,12H2. The molecule has 0 amide bonds. The summed E-state index contributed by atoms with van der Waals surface area (Å²) in [6.45, 7) is 0.565. The van der Waals surface area contributed by atoms with E-state index in [-0.39, 0.29) is 12.9 Å². The molecule has 0 radical (unpaired) electrons. The van der Waals surface area contributed by atoms with E-state index in [1.165, 1.54) is 0 Å². The normalized spacial score (nSPS) is 12.1. The number of para-hydroxylation sites is 1. The van der Waals surface area contributed by atoms with Crippen LogP contribution in [0.25, 0.3) is 0 Å². The maximum absolute atomic E-state index is 6.33. The summed E-state index contributed by atoms with van der Waals surface area (Å²) in [7, 11) is 0. The van der Waals surface area contributed by atoms with Crippen molar-refractivity contribution in [2.24, 2.45) is 0 Å². The van der Waals surface area contributed by atoms with Gasteiger partial charge in [-0.25, -0.2) is 4.98 Å². The van der Waals surface area contributed by atoms with Crippen LogP contribution >= 0.6 is 34.8 Å². The van der Waals surface area contributed by atoms with Crippen molar-refractivity contribution in [1.29, 1.82) is 0 Å². The average molecular weight is 398 g/mol. The lowest BCUT2D eigenvalue weighted by molar-refractivity contribution is -0.0444. The smallest absolute Gasteiger partial charge is 0.189 e. The van der Waals surface area contributed by atoms with Crippen molar-refractivity contribution < 1.29 is 9.47 Å². The first kappa shape index (κ1) is 18.1. The van der Waals surface area contributed by atoms with Crippen molar-refractivity contribution in [2.75, 3.05) is 6.79 Å². The van der Waals surface area contributed by atoms with E-state index in [0.29, 0.717) is 27.4 Å². The van der Waals surface area contributed by atoms with Gasteiger partial charge in [-0.3, -0.25) is 0 Å². The molecule has 2 aromatic carbocycles. The molecular weight excluding hydrogens is 383 g/mol. The fourth-order valence-corrected chi connectivity index (χ4v) is 3.05. The second-order valence-corrected chi connectivity index (χ2v) is 6.52. The summed E-state index contributed by atoms with van der Waals surface area (Å²) in [6.07, 6.45) is 4.95. The van der Waals surface area contributed by atoms with Gasteiger partial charge in [0.05, 0.1) is 17.9 Å². The molecule has 1 unspecified atom stereocenters. The van der Waals surface area contributed by atoms with E-state index in [1.807, 2.05) is 29.0 Å². The monoisotopic (exact) mass is 396 g/mol. The van der Waals surface area contributed by atoms with E-state index in [9.17, 15) is 0 Å². The minimum atomic E-state index is -0.332. The number of nitrogens with zero attached hydrogens (tertiary/aromatic N) is 2. The fraction of sp³-hybridized carbons (Fsp3) is 0.167. The summed E-state index contributed by atoms with van der Waals surface area (Å²) in [5, 5.41) is 1.64. The van der Waals surface area contributed by atoms with E-state index >= 15 is 0 Å². The van der Waals surface area contributed by atoms with Crippen molar-refractivity contribution in [3.63, 3.8) is 0 Å². The average Bonchev–Trinajstić information content (AvgIpc) is 3.09. The Balaban J connectivity index is 1.73. The number of halogens is 3. The summed E-state index contributed by atoms with van der Waals surface area (Å²) in [6, 6.07) is 12.6. The highest BCUT2D eigenvalue weighted by Crippen LogP contribution is 2.30. The molecular formula is C18H15Cl3N2O2. The molecule has 7 heteroatoms. The Labute approximate surface area is 160 Å². The van der Waals surface area contributed by atoms with Crippen molar-refractivity contribution in [3.05, 3.63) is 81.8 Å². The molecule has 0 aliphatic carbocycles. The Morgan fingerprint density at radius 1 is 1.04 bits per heavy atom. The second-order valence-electron chi connectivity index (χ2n) is 5.27. The minimum Gasteiger partial charge on any atom is -0.466 e. The molecule has 0 N–H and O–H groups in total. The van der Waals surface area contributed by atoms with Gasteiger partial charge in [0, 0.05) is 28.0 Å². The third-order valence-corrected chi connectivity index (χ3v) is 4.44. The molecule has 25 heavy (non-hydrogen) atoms. The van der Waals surface area contributed by atoms with Gasteiger partial charge in [0.25, 0.3) is 0 Å². The highest BCUT2D eigenvalue weighted by atomic mass is 35.5. The molecule has 1 aromatic heterocycles. The lowest BCUT2D eigenvalue weighted by Gasteiger charge is -2.20. The maximum atomic E-state index is 6.33. The summed E-state index contributed by atoms with van der Waals surface area (Å²) in [5.74, 6) is 0.563. The lowest BCUT2D eigenvalue weighted by atomic mass is 10.1. The first-order valence-electron chi connectivity index (χ1n) is 7.53. The molecule has 130 valence electrons. The van der Waals surface area contributed by atoms with Crippen molar-refractivity contribution in [3.8, 4) is 5.75 Å². The molecule has 0 aliphatic rings. The summed E-state index contributed by atoms with van der Waals surface area (Å²) >= 11 is 18.4. The highest BCUT2D eigenvalue weighted by Gasteiger charge is 2.17. The first-order valence-corrected chi connectivity index (χ1v) is 8.66. The van der Waals surface area contributed by atoms with Crippen molar-refractivity contribution >= 4 is 34.8 Å². The Morgan fingerprint density at radius 2 is 1.88 bits per heavy atom. The van der Waals surface area contributed by atoms with Crippen LogP contribution in [-0.2, 0) is 11.3 Å². The van der Waals surface area contributed by atoms with Crippen LogP contribution in [0.2, 0.25) is 15.1 Å². The number of hydrogen-bond donors (Lipinski definition) is 0. The van der Waals surface area contributed by atoms with Crippen molar-refractivity contribution in [1.82, 2.24) is 9.55 Å². The summed E-state index contributed by atoms with van der Waals surface area (Å²) in [5.41, 5.74) is 0.822. The molecule has 1 heterocycles. The molecule has 0 bridgehead atoms. The van der Waals surface area contributed by atoms with Gasteiger partial charge in [-0.1, -0.05) is 53.0 Å². The van der Waals surface area contributed by atoms with E-state index in [4.69, 9.17) is 44.3 Å². The first-order chi connectivity index (χ1) is 12.1. The number of benzene rings is 2. The van der Waals surface area contributed by atoms with Gasteiger partial charge in [0.2, 0.25) is 0 Å². The van der Waals surface area contributed by atoms with Crippen molar-refractivity contribution in [2.45, 2.75) is 12.6 Å². The van der Waals surface area contributed by atoms with Crippen LogP contribution in [0.15, 0.2) is 61.2 Å². The van der Waals surface area contributed by atoms with Gasteiger partial charge in [-0.05, 0) is 24.3 Å². The van der Waals surface area contributed by atoms with Gasteiger partial charge in [0.15, 0.2) is 6.79 Å². The van der Waals surface area contributed by atoms with Gasteiger partial charge < -0.3 is 14.0 Å². The molecule has 4 nitrogen and oxygen atoms in total. The van der Waals surface area contributed by atoms with Crippen LogP contribution in [0.1, 0.15) is 11.7 Å². The number of hydrogen-bond acceptors (Lipinski definition) is 3. The molecule has 3 aromatic rings. The zero-order chi connectivity index (χ0) is 17.6. The molecule has 0 spiro atoms. The molecule has 0 fully saturated rings. The number of imidazole rings is 1. The highest BCUT2D eigenvalue weighted by molar-refractivity contribution is 6.35. The Hall–Kier alpha value is -1.72. The predicted octanol–water partition coefficient (Wildman–Crippen LogP) is 5.64. The van der Waals surface area contributed by atoms with Gasteiger partial charge >= 0.3 is 0 Å². The number of aromatic nitrogens is 2. The Kier molecular flexibility index (Phi) is 6.21. The predicted molar refractivity (Wildman–Crippen MR) is 99.5 cm³/mol. The second kappa shape index (κ2) is 8.59. The summed E-state index contributed by atoms with van der Waals surface area (Å²) in [4.78, 5) is 4.05. The van der Waals surface area contributed by atoms with E-state index in [0.717, 1.165) is 5.56 Å². The number of rotatable bonds is 7. The molecule has 0 saturated heterocycles. The van der Waals surface area contributed by atoms with E-state index in [1.54, 1.807) is 36.8 Å². The van der Waals surface area contributed by atoms with Gasteiger partial charge in [-0.2, -0.15) is 0 Å². The van der Waals surface area contributed by atoms with Crippen LogP contribution in [-0.4, -0.2) is 16.3 Å². The maximum Gasteiger partial charge on any atom is 0.189 e. The van der Waals surface area contributed by atoms with Crippen LogP contribution in [0, 0.1) is 0 Å². The van der Waals surface area contributed by atoms with Crippen LogP contribution in [0.5, 0.6) is 5.75 Å². The van der Waals surface area contributed by atoms with E-state index in [2.05, 4.69) is 4.98 Å². The van der Waals surface area contributed by atoms with Crippen LogP contribution in [0.4, 0.5) is 0 Å². The van der Waals surface area contributed by atoms with Crippen LogP contribution < -0.4 is 4.74 Å². The van der Waals surface area contributed by atoms with Gasteiger partial charge in [0.1, 0.15) is 11.9 Å². The Bertz CT molecular complexity index is 825. The molecule has 1 atom stereocenters. The van der Waals surface area contributed by atoms with Gasteiger partial charge in [-0.15, -0.1) is 0 Å².